The molecule has 2 heterocycles. The van der Waals surface area contributed by atoms with Gasteiger partial charge in [0, 0.05) is 6.20 Å². The summed E-state index contributed by atoms with van der Waals surface area (Å²) in [7, 11) is 0. The van der Waals surface area contributed by atoms with E-state index in [2.05, 4.69) is 15.3 Å². The summed E-state index contributed by atoms with van der Waals surface area (Å²) >= 11 is 0. The van der Waals surface area contributed by atoms with Crippen LogP contribution < -0.4 is 0 Å². The fourth-order valence-electron chi connectivity index (χ4n) is 1.04. The third-order valence-electron chi connectivity index (χ3n) is 1.56. The van der Waals surface area contributed by atoms with Gasteiger partial charge in [-0.2, -0.15) is 0 Å². The van der Waals surface area contributed by atoms with Gasteiger partial charge < -0.3 is 5.11 Å². The summed E-state index contributed by atoms with van der Waals surface area (Å²) in [4.78, 5) is 14.4. The monoisotopic (exact) mass is 178 g/mol. The van der Waals surface area contributed by atoms with E-state index >= 15 is 0 Å². The van der Waals surface area contributed by atoms with Gasteiger partial charge in [-0.05, 0) is 12.1 Å². The Hall–Kier alpha value is -1.98. The molecule has 2 rings (SSSR count). The van der Waals surface area contributed by atoms with Crippen molar-refractivity contribution in [3.05, 3.63) is 18.3 Å². The molecule has 1 N–H and O–H groups in total. The number of aliphatic carboxylic acids is 1. The van der Waals surface area contributed by atoms with Gasteiger partial charge >= 0.3 is 5.97 Å². The van der Waals surface area contributed by atoms with E-state index in [9.17, 15) is 4.79 Å². The zero-order valence-corrected chi connectivity index (χ0v) is 6.58. The van der Waals surface area contributed by atoms with Crippen molar-refractivity contribution in [1.29, 1.82) is 0 Å². The second kappa shape index (κ2) is 2.81. The van der Waals surface area contributed by atoms with Gasteiger partial charge in [0.1, 0.15) is 12.1 Å². The van der Waals surface area contributed by atoms with E-state index in [1.807, 2.05) is 0 Å². The zero-order chi connectivity index (χ0) is 9.26. The standard InChI is InChI=1S/C7H6N4O2/c12-6(13)4-11-7-5(9-10-11)2-1-3-8-7/h1-3H,4H2,(H,12,13). The van der Waals surface area contributed by atoms with Crippen LogP contribution in [-0.2, 0) is 11.3 Å². The molecule has 6 heteroatoms. The lowest BCUT2D eigenvalue weighted by atomic mass is 10.4. The fraction of sp³-hybridized carbons (Fsp3) is 0.143. The Bertz CT molecular complexity index is 450. The molecule has 0 aromatic carbocycles. The summed E-state index contributed by atoms with van der Waals surface area (Å²) in [5.74, 6) is -0.961. The first-order chi connectivity index (χ1) is 6.27. The summed E-state index contributed by atoms with van der Waals surface area (Å²) in [6.07, 6.45) is 1.57. The number of aromatic nitrogens is 4. The minimum absolute atomic E-state index is 0.215. The van der Waals surface area contributed by atoms with Crippen molar-refractivity contribution in [2.45, 2.75) is 6.54 Å². The molecule has 0 aliphatic rings. The van der Waals surface area contributed by atoms with Crippen LogP contribution >= 0.6 is 0 Å². The molecule has 13 heavy (non-hydrogen) atoms. The third kappa shape index (κ3) is 1.33. The fourth-order valence-corrected chi connectivity index (χ4v) is 1.04. The first kappa shape index (κ1) is 7.66. The quantitative estimate of drug-likeness (QED) is 0.695. The topological polar surface area (TPSA) is 80.9 Å². The zero-order valence-electron chi connectivity index (χ0n) is 6.58. The van der Waals surface area contributed by atoms with Gasteiger partial charge in [0.25, 0.3) is 0 Å². The largest absolute Gasteiger partial charge is 0.480 e. The molecule has 0 unspecified atom stereocenters. The number of hydrogen-bond acceptors (Lipinski definition) is 4. The minimum Gasteiger partial charge on any atom is -0.480 e. The van der Waals surface area contributed by atoms with E-state index in [0.29, 0.717) is 11.2 Å². The number of nitrogens with zero attached hydrogens (tertiary/aromatic N) is 4. The van der Waals surface area contributed by atoms with Gasteiger partial charge in [-0.15, -0.1) is 5.10 Å². The van der Waals surface area contributed by atoms with Crippen molar-refractivity contribution in [2.24, 2.45) is 0 Å². The lowest BCUT2D eigenvalue weighted by molar-refractivity contribution is -0.137. The van der Waals surface area contributed by atoms with Crippen molar-refractivity contribution in [2.75, 3.05) is 0 Å². The molecule has 0 amide bonds. The maximum absolute atomic E-state index is 10.4. The summed E-state index contributed by atoms with van der Waals surface area (Å²) < 4.78 is 1.25. The predicted octanol–water partition coefficient (Wildman–Crippen LogP) is -0.0891. The highest BCUT2D eigenvalue weighted by Crippen LogP contribution is 2.05. The minimum atomic E-state index is -0.961. The SMILES string of the molecule is O=C(O)Cn1nnc2cccnc21. The Morgan fingerprint density at radius 1 is 1.62 bits per heavy atom. The highest BCUT2D eigenvalue weighted by molar-refractivity contribution is 5.72. The molecule has 0 bridgehead atoms. The van der Waals surface area contributed by atoms with E-state index in [0.717, 1.165) is 0 Å². The molecular formula is C7H6N4O2. The molecule has 0 aliphatic carbocycles. The highest BCUT2D eigenvalue weighted by Gasteiger charge is 2.07. The number of fused-ring (bicyclic) bond motifs is 1. The number of hydrogen-bond donors (Lipinski definition) is 1. The second-order valence-corrected chi connectivity index (χ2v) is 2.49. The van der Waals surface area contributed by atoms with Crippen LogP contribution in [0.4, 0.5) is 0 Å². The van der Waals surface area contributed by atoms with Crippen molar-refractivity contribution < 1.29 is 9.90 Å². The molecule has 0 radical (unpaired) electrons. The van der Waals surface area contributed by atoms with Crippen molar-refractivity contribution in [3.63, 3.8) is 0 Å². The van der Waals surface area contributed by atoms with Crippen molar-refractivity contribution >= 4 is 17.1 Å². The van der Waals surface area contributed by atoms with Crippen LogP contribution in [0.2, 0.25) is 0 Å². The Morgan fingerprint density at radius 2 is 2.46 bits per heavy atom. The average molecular weight is 178 g/mol. The average Bonchev–Trinajstić information content (AvgIpc) is 2.48. The van der Waals surface area contributed by atoms with Gasteiger partial charge in [-0.1, -0.05) is 5.21 Å². The first-order valence-electron chi connectivity index (χ1n) is 3.63. The smallest absolute Gasteiger partial charge is 0.325 e. The van der Waals surface area contributed by atoms with Gasteiger partial charge in [0.05, 0.1) is 0 Å². The number of carboxylic acids is 1. The molecule has 2 aromatic rings. The second-order valence-electron chi connectivity index (χ2n) is 2.49. The van der Waals surface area contributed by atoms with Crippen LogP contribution in [0.1, 0.15) is 0 Å². The maximum atomic E-state index is 10.4. The molecule has 0 aliphatic heterocycles. The van der Waals surface area contributed by atoms with E-state index in [1.165, 1.54) is 4.68 Å². The Morgan fingerprint density at radius 3 is 3.23 bits per heavy atom. The van der Waals surface area contributed by atoms with Crippen molar-refractivity contribution in [3.8, 4) is 0 Å². The molecule has 6 nitrogen and oxygen atoms in total. The van der Waals surface area contributed by atoms with Gasteiger partial charge in [0.15, 0.2) is 5.65 Å². The normalized spacial score (nSPS) is 10.5. The number of rotatable bonds is 2. The summed E-state index contributed by atoms with van der Waals surface area (Å²) in [5, 5.41) is 15.9. The molecule has 0 atom stereocenters. The van der Waals surface area contributed by atoms with Gasteiger partial charge in [-0.3, -0.25) is 4.79 Å². The van der Waals surface area contributed by atoms with Gasteiger partial charge in [0.2, 0.25) is 0 Å². The third-order valence-corrected chi connectivity index (χ3v) is 1.56. The lowest BCUT2D eigenvalue weighted by Gasteiger charge is -1.94. The van der Waals surface area contributed by atoms with Gasteiger partial charge in [-0.25, -0.2) is 9.67 Å². The number of carboxylic acid groups (broad SMARTS) is 1. The van der Waals surface area contributed by atoms with E-state index < -0.39 is 5.97 Å². The Balaban J connectivity index is 2.51. The van der Waals surface area contributed by atoms with Crippen LogP contribution in [0.15, 0.2) is 18.3 Å². The Labute approximate surface area is 72.8 Å². The predicted molar refractivity (Wildman–Crippen MR) is 43.0 cm³/mol. The summed E-state index contributed by atoms with van der Waals surface area (Å²) in [5.41, 5.74) is 1.09. The van der Waals surface area contributed by atoms with E-state index in [-0.39, 0.29) is 6.54 Å². The molecule has 0 saturated carbocycles. The maximum Gasteiger partial charge on any atom is 0.325 e. The number of pyridine rings is 1. The van der Waals surface area contributed by atoms with Crippen LogP contribution in [0.3, 0.4) is 0 Å². The summed E-state index contributed by atoms with van der Waals surface area (Å²) in [6, 6.07) is 3.45. The van der Waals surface area contributed by atoms with Crippen LogP contribution in [0, 0.1) is 0 Å². The number of carbonyl (C=O) groups is 1. The molecule has 66 valence electrons. The van der Waals surface area contributed by atoms with Crippen LogP contribution in [0.25, 0.3) is 11.2 Å². The van der Waals surface area contributed by atoms with E-state index in [1.54, 1.807) is 18.3 Å². The highest BCUT2D eigenvalue weighted by atomic mass is 16.4. The summed E-state index contributed by atoms with van der Waals surface area (Å²) in [6.45, 7) is -0.215. The molecule has 0 spiro atoms. The first-order valence-corrected chi connectivity index (χ1v) is 3.63. The van der Waals surface area contributed by atoms with Crippen molar-refractivity contribution in [1.82, 2.24) is 20.0 Å². The van der Waals surface area contributed by atoms with E-state index in [4.69, 9.17) is 5.11 Å². The van der Waals surface area contributed by atoms with Crippen LogP contribution in [-0.4, -0.2) is 31.1 Å². The molecular weight excluding hydrogens is 172 g/mol. The Kier molecular flexibility index (Phi) is 1.66. The van der Waals surface area contributed by atoms with Crippen LogP contribution in [0.5, 0.6) is 0 Å². The molecule has 0 fully saturated rings. The molecule has 2 aromatic heterocycles. The lowest BCUT2D eigenvalue weighted by Crippen LogP contribution is -2.10. The molecule has 0 saturated heterocycles.